The van der Waals surface area contributed by atoms with Gasteiger partial charge in [-0.25, -0.2) is 0 Å². The maximum Gasteiger partial charge on any atom is 0.239 e. The fraction of sp³-hybridized carbons (Fsp3) is 0.611. The highest BCUT2D eigenvalue weighted by molar-refractivity contribution is 5.85. The van der Waals surface area contributed by atoms with E-state index in [9.17, 15) is 4.79 Å². The van der Waals surface area contributed by atoms with Crippen molar-refractivity contribution in [2.45, 2.75) is 50.5 Å². The molecule has 0 radical (unpaired) electrons. The van der Waals surface area contributed by atoms with Crippen LogP contribution >= 0.6 is 0 Å². The van der Waals surface area contributed by atoms with E-state index >= 15 is 0 Å². The third kappa shape index (κ3) is 3.87. The van der Waals surface area contributed by atoms with E-state index in [2.05, 4.69) is 29.6 Å². The zero-order chi connectivity index (χ0) is 16.1. The molecule has 4 nitrogen and oxygen atoms in total. The van der Waals surface area contributed by atoms with Gasteiger partial charge < -0.3 is 15.8 Å². The Labute approximate surface area is 133 Å². The molecule has 4 heteroatoms. The summed E-state index contributed by atoms with van der Waals surface area (Å²) < 4.78 is 5.52. The van der Waals surface area contributed by atoms with Crippen LogP contribution in [0.4, 0.5) is 0 Å². The zero-order valence-corrected chi connectivity index (χ0v) is 13.7. The standard InChI is InChI=1S/C18H28N2O2/c1-3-9-17(2,19)16(21)20-14-18(10-12-22-13-11-18)15-7-5-4-6-8-15/h4-8H,3,9-14,19H2,1-2H3,(H,20,21). The Morgan fingerprint density at radius 1 is 1.32 bits per heavy atom. The van der Waals surface area contributed by atoms with Gasteiger partial charge in [-0.2, -0.15) is 0 Å². The van der Waals surface area contributed by atoms with Gasteiger partial charge in [0.05, 0.1) is 5.54 Å². The third-order valence-corrected chi connectivity index (χ3v) is 4.71. The Hall–Kier alpha value is -1.39. The molecule has 0 aliphatic carbocycles. The van der Waals surface area contributed by atoms with Crippen molar-refractivity contribution >= 4 is 5.91 Å². The molecule has 22 heavy (non-hydrogen) atoms. The van der Waals surface area contributed by atoms with Crippen LogP contribution in [-0.2, 0) is 14.9 Å². The molecule has 1 aromatic rings. The number of benzene rings is 1. The van der Waals surface area contributed by atoms with Crippen LogP contribution in [0, 0.1) is 0 Å². The number of hydrogen-bond donors (Lipinski definition) is 2. The summed E-state index contributed by atoms with van der Waals surface area (Å²) in [6, 6.07) is 10.4. The highest BCUT2D eigenvalue weighted by Gasteiger charge is 2.36. The minimum absolute atomic E-state index is 0.0442. The van der Waals surface area contributed by atoms with Crippen molar-refractivity contribution in [3.8, 4) is 0 Å². The first-order valence-corrected chi connectivity index (χ1v) is 8.21. The quantitative estimate of drug-likeness (QED) is 0.848. The number of ether oxygens (including phenoxy) is 1. The highest BCUT2D eigenvalue weighted by Crippen LogP contribution is 2.34. The van der Waals surface area contributed by atoms with Crippen molar-refractivity contribution in [1.29, 1.82) is 0 Å². The van der Waals surface area contributed by atoms with E-state index in [4.69, 9.17) is 10.5 Å². The number of amides is 1. The molecule has 1 heterocycles. The molecule has 1 aliphatic rings. The van der Waals surface area contributed by atoms with Crippen molar-refractivity contribution in [1.82, 2.24) is 5.32 Å². The second-order valence-electron chi connectivity index (χ2n) is 6.61. The van der Waals surface area contributed by atoms with Gasteiger partial charge in [0, 0.05) is 25.2 Å². The molecule has 1 saturated heterocycles. The van der Waals surface area contributed by atoms with Crippen LogP contribution in [0.1, 0.15) is 45.1 Å². The molecule has 1 aliphatic heterocycles. The average Bonchev–Trinajstić information content (AvgIpc) is 2.54. The molecule has 1 aromatic carbocycles. The topological polar surface area (TPSA) is 64.4 Å². The maximum absolute atomic E-state index is 12.4. The predicted molar refractivity (Wildman–Crippen MR) is 88.7 cm³/mol. The van der Waals surface area contributed by atoms with Crippen molar-refractivity contribution in [3.05, 3.63) is 35.9 Å². The van der Waals surface area contributed by atoms with E-state index in [0.717, 1.165) is 32.5 Å². The summed E-state index contributed by atoms with van der Waals surface area (Å²) in [7, 11) is 0. The Kier molecular flexibility index (Phi) is 5.59. The summed E-state index contributed by atoms with van der Waals surface area (Å²) in [4.78, 5) is 12.4. The van der Waals surface area contributed by atoms with Gasteiger partial charge in [-0.15, -0.1) is 0 Å². The molecule has 0 bridgehead atoms. The van der Waals surface area contributed by atoms with Gasteiger partial charge in [-0.1, -0.05) is 43.7 Å². The Morgan fingerprint density at radius 3 is 2.55 bits per heavy atom. The van der Waals surface area contributed by atoms with Crippen LogP contribution < -0.4 is 11.1 Å². The molecular formula is C18H28N2O2. The average molecular weight is 304 g/mol. The molecule has 2 rings (SSSR count). The van der Waals surface area contributed by atoms with Crippen LogP contribution in [0.25, 0.3) is 0 Å². The van der Waals surface area contributed by atoms with E-state index in [1.54, 1.807) is 0 Å². The Balaban J connectivity index is 2.10. The Morgan fingerprint density at radius 2 is 1.95 bits per heavy atom. The first-order valence-electron chi connectivity index (χ1n) is 8.21. The van der Waals surface area contributed by atoms with Crippen LogP contribution in [-0.4, -0.2) is 31.2 Å². The fourth-order valence-electron chi connectivity index (χ4n) is 3.21. The molecule has 0 saturated carbocycles. The first kappa shape index (κ1) is 17.0. The zero-order valence-electron chi connectivity index (χ0n) is 13.7. The largest absolute Gasteiger partial charge is 0.381 e. The van der Waals surface area contributed by atoms with Crippen LogP contribution in [0.5, 0.6) is 0 Å². The third-order valence-electron chi connectivity index (χ3n) is 4.71. The molecular weight excluding hydrogens is 276 g/mol. The maximum atomic E-state index is 12.4. The summed E-state index contributed by atoms with van der Waals surface area (Å²) in [5, 5.41) is 3.10. The first-order chi connectivity index (χ1) is 10.5. The Bertz CT molecular complexity index is 479. The summed E-state index contributed by atoms with van der Waals surface area (Å²) >= 11 is 0. The molecule has 1 fully saturated rings. The summed E-state index contributed by atoms with van der Waals surface area (Å²) in [6.07, 6.45) is 3.44. The molecule has 3 N–H and O–H groups in total. The van der Waals surface area contributed by atoms with Gasteiger partial charge in [-0.05, 0) is 31.7 Å². The van der Waals surface area contributed by atoms with Gasteiger partial charge in [0.2, 0.25) is 5.91 Å². The number of hydrogen-bond acceptors (Lipinski definition) is 3. The van der Waals surface area contributed by atoms with Crippen LogP contribution in [0.15, 0.2) is 30.3 Å². The lowest BCUT2D eigenvalue weighted by Crippen LogP contribution is -2.55. The number of carbonyl (C=O) groups excluding carboxylic acids is 1. The normalized spacial score (nSPS) is 20.1. The second-order valence-corrected chi connectivity index (χ2v) is 6.61. The van der Waals surface area contributed by atoms with Crippen molar-refractivity contribution in [3.63, 3.8) is 0 Å². The van der Waals surface area contributed by atoms with E-state index in [-0.39, 0.29) is 11.3 Å². The number of nitrogens with two attached hydrogens (primary N) is 1. The minimum Gasteiger partial charge on any atom is -0.381 e. The van der Waals surface area contributed by atoms with Gasteiger partial charge in [0.15, 0.2) is 0 Å². The molecule has 0 aromatic heterocycles. The van der Waals surface area contributed by atoms with Gasteiger partial charge in [0.1, 0.15) is 0 Å². The van der Waals surface area contributed by atoms with Crippen LogP contribution in [0.3, 0.4) is 0 Å². The lowest BCUT2D eigenvalue weighted by atomic mass is 9.74. The van der Waals surface area contributed by atoms with Crippen molar-refractivity contribution < 1.29 is 9.53 Å². The second kappa shape index (κ2) is 7.25. The minimum atomic E-state index is -0.794. The van der Waals surface area contributed by atoms with E-state index < -0.39 is 5.54 Å². The monoisotopic (exact) mass is 304 g/mol. The summed E-state index contributed by atoms with van der Waals surface area (Å²) in [6.45, 7) is 5.95. The highest BCUT2D eigenvalue weighted by atomic mass is 16.5. The number of nitrogens with one attached hydrogen (secondary N) is 1. The lowest BCUT2D eigenvalue weighted by Gasteiger charge is -2.38. The van der Waals surface area contributed by atoms with Gasteiger partial charge in [0.25, 0.3) is 0 Å². The molecule has 1 unspecified atom stereocenters. The van der Waals surface area contributed by atoms with E-state index in [1.807, 2.05) is 19.9 Å². The van der Waals surface area contributed by atoms with Crippen LogP contribution in [0.2, 0.25) is 0 Å². The molecule has 122 valence electrons. The van der Waals surface area contributed by atoms with Crippen molar-refractivity contribution in [2.75, 3.05) is 19.8 Å². The molecule has 1 atom stereocenters. The summed E-state index contributed by atoms with van der Waals surface area (Å²) in [5.74, 6) is -0.0591. The summed E-state index contributed by atoms with van der Waals surface area (Å²) in [5.41, 5.74) is 6.56. The lowest BCUT2D eigenvalue weighted by molar-refractivity contribution is -0.126. The molecule has 0 spiro atoms. The molecule has 1 amide bonds. The number of carbonyl (C=O) groups is 1. The van der Waals surface area contributed by atoms with Gasteiger partial charge >= 0.3 is 0 Å². The fourth-order valence-corrected chi connectivity index (χ4v) is 3.21. The number of rotatable bonds is 6. The SMILES string of the molecule is CCCC(C)(N)C(=O)NCC1(c2ccccc2)CCOCC1. The predicted octanol–water partition coefficient (Wildman–Crippen LogP) is 2.37. The van der Waals surface area contributed by atoms with Crippen molar-refractivity contribution in [2.24, 2.45) is 5.73 Å². The van der Waals surface area contributed by atoms with E-state index in [1.165, 1.54) is 5.56 Å². The van der Waals surface area contributed by atoms with E-state index in [0.29, 0.717) is 13.0 Å². The van der Waals surface area contributed by atoms with Gasteiger partial charge in [-0.3, -0.25) is 4.79 Å². The smallest absolute Gasteiger partial charge is 0.239 e.